The molecule has 1 unspecified atom stereocenters. The predicted molar refractivity (Wildman–Crippen MR) is 91.1 cm³/mol. The molecule has 1 atom stereocenters. The molecule has 1 aliphatic carbocycles. The zero-order valence-electron chi connectivity index (χ0n) is 14.0. The number of nitriles is 1. The fraction of sp³-hybridized carbons (Fsp3) is 0.579. The number of hydrogen-bond acceptors (Lipinski definition) is 4. The van der Waals surface area contributed by atoms with Gasteiger partial charge < -0.3 is 10.1 Å². The number of amides is 1. The highest BCUT2D eigenvalue weighted by Gasteiger charge is 2.34. The molecule has 24 heavy (non-hydrogen) atoms. The van der Waals surface area contributed by atoms with Crippen molar-refractivity contribution in [1.29, 1.82) is 5.26 Å². The Morgan fingerprint density at radius 2 is 2.04 bits per heavy atom. The predicted octanol–water partition coefficient (Wildman–Crippen LogP) is 2.40. The number of nitrogens with one attached hydrogen (secondary N) is 1. The number of hydrogen-bond donors (Lipinski definition) is 1. The molecule has 0 bridgehead atoms. The first-order valence-electron chi connectivity index (χ1n) is 8.82. The van der Waals surface area contributed by atoms with Gasteiger partial charge in [0.15, 0.2) is 0 Å². The van der Waals surface area contributed by atoms with Crippen LogP contribution in [0.25, 0.3) is 0 Å². The maximum absolute atomic E-state index is 12.4. The molecule has 2 aliphatic rings. The fourth-order valence-electron chi connectivity index (χ4n) is 3.65. The van der Waals surface area contributed by atoms with Crippen LogP contribution in [0.1, 0.15) is 43.8 Å². The molecule has 1 aromatic carbocycles. The van der Waals surface area contributed by atoms with Crippen molar-refractivity contribution in [3.05, 3.63) is 35.9 Å². The monoisotopic (exact) mass is 327 g/mol. The highest BCUT2D eigenvalue weighted by molar-refractivity contribution is 5.79. The molecule has 128 valence electrons. The van der Waals surface area contributed by atoms with E-state index in [0.717, 1.165) is 44.2 Å². The van der Waals surface area contributed by atoms with Crippen LogP contribution in [0.2, 0.25) is 0 Å². The minimum Gasteiger partial charge on any atom is -0.371 e. The van der Waals surface area contributed by atoms with Crippen molar-refractivity contribution < 1.29 is 9.53 Å². The Hall–Kier alpha value is -1.90. The molecular weight excluding hydrogens is 302 g/mol. The lowest BCUT2D eigenvalue weighted by Gasteiger charge is -2.35. The quantitative estimate of drug-likeness (QED) is 0.922. The maximum Gasteiger partial charge on any atom is 0.235 e. The molecule has 5 nitrogen and oxygen atoms in total. The van der Waals surface area contributed by atoms with Crippen LogP contribution in [0.4, 0.5) is 0 Å². The molecular formula is C19H25N3O2. The average molecular weight is 327 g/mol. The largest absolute Gasteiger partial charge is 0.371 e. The van der Waals surface area contributed by atoms with E-state index in [0.29, 0.717) is 19.7 Å². The van der Waals surface area contributed by atoms with Gasteiger partial charge >= 0.3 is 0 Å². The number of carbonyl (C=O) groups is 1. The average Bonchev–Trinajstić information content (AvgIpc) is 2.63. The van der Waals surface area contributed by atoms with E-state index in [1.165, 1.54) is 0 Å². The Morgan fingerprint density at radius 3 is 2.75 bits per heavy atom. The molecule has 1 saturated carbocycles. The second-order valence-corrected chi connectivity index (χ2v) is 6.81. The van der Waals surface area contributed by atoms with Gasteiger partial charge in [0.2, 0.25) is 5.91 Å². The van der Waals surface area contributed by atoms with Gasteiger partial charge in [-0.25, -0.2) is 0 Å². The van der Waals surface area contributed by atoms with Gasteiger partial charge in [0.1, 0.15) is 5.54 Å². The summed E-state index contributed by atoms with van der Waals surface area (Å²) in [6.45, 7) is 2.40. The summed E-state index contributed by atoms with van der Waals surface area (Å²) in [7, 11) is 0. The van der Waals surface area contributed by atoms with Crippen LogP contribution in [0.3, 0.4) is 0 Å². The smallest absolute Gasteiger partial charge is 0.235 e. The van der Waals surface area contributed by atoms with Gasteiger partial charge in [0.25, 0.3) is 0 Å². The third-order valence-electron chi connectivity index (χ3n) is 4.99. The van der Waals surface area contributed by atoms with Crippen molar-refractivity contribution in [1.82, 2.24) is 10.2 Å². The van der Waals surface area contributed by atoms with E-state index in [4.69, 9.17) is 4.74 Å². The Morgan fingerprint density at radius 1 is 1.29 bits per heavy atom. The minimum absolute atomic E-state index is 0.00681. The number of carbonyl (C=O) groups excluding carboxylic acids is 1. The molecule has 1 aliphatic heterocycles. The van der Waals surface area contributed by atoms with Gasteiger partial charge in [-0.1, -0.05) is 49.6 Å². The number of benzene rings is 1. The molecule has 0 radical (unpaired) electrons. The summed E-state index contributed by atoms with van der Waals surface area (Å²) in [5, 5.41) is 12.5. The summed E-state index contributed by atoms with van der Waals surface area (Å²) < 4.78 is 5.84. The summed E-state index contributed by atoms with van der Waals surface area (Å²) in [6, 6.07) is 12.5. The molecule has 3 rings (SSSR count). The van der Waals surface area contributed by atoms with Crippen molar-refractivity contribution in [2.24, 2.45) is 0 Å². The summed E-state index contributed by atoms with van der Waals surface area (Å²) in [4.78, 5) is 14.6. The first-order valence-corrected chi connectivity index (χ1v) is 8.82. The minimum atomic E-state index is -0.652. The third kappa shape index (κ3) is 4.14. The van der Waals surface area contributed by atoms with Crippen molar-refractivity contribution >= 4 is 5.91 Å². The Bertz CT molecular complexity index is 590. The zero-order chi connectivity index (χ0) is 16.8. The highest BCUT2D eigenvalue weighted by atomic mass is 16.5. The summed E-state index contributed by atoms with van der Waals surface area (Å²) in [5.74, 6) is -0.0489. The summed E-state index contributed by atoms with van der Waals surface area (Å²) in [5.41, 5.74) is 0.490. The normalized spacial score (nSPS) is 24.0. The van der Waals surface area contributed by atoms with Crippen molar-refractivity contribution in [3.8, 4) is 6.07 Å². The lowest BCUT2D eigenvalue weighted by Crippen LogP contribution is -2.52. The van der Waals surface area contributed by atoms with Crippen LogP contribution in [0, 0.1) is 11.3 Å². The van der Waals surface area contributed by atoms with E-state index in [2.05, 4.69) is 28.4 Å². The van der Waals surface area contributed by atoms with E-state index in [1.54, 1.807) is 0 Å². The van der Waals surface area contributed by atoms with Crippen molar-refractivity contribution in [2.45, 2.75) is 43.7 Å². The SMILES string of the molecule is N#CC1(NC(=O)CN2CCOC(c3ccccc3)C2)CCCCC1. The summed E-state index contributed by atoms with van der Waals surface area (Å²) in [6.07, 6.45) is 4.73. The Balaban J connectivity index is 1.55. The van der Waals surface area contributed by atoms with E-state index < -0.39 is 5.54 Å². The van der Waals surface area contributed by atoms with Crippen LogP contribution >= 0.6 is 0 Å². The van der Waals surface area contributed by atoms with E-state index in [-0.39, 0.29) is 12.0 Å². The van der Waals surface area contributed by atoms with Gasteiger partial charge in [-0.05, 0) is 18.4 Å². The van der Waals surface area contributed by atoms with Gasteiger partial charge in [-0.2, -0.15) is 5.26 Å². The van der Waals surface area contributed by atoms with Crippen molar-refractivity contribution in [2.75, 3.05) is 26.2 Å². The topological polar surface area (TPSA) is 65.4 Å². The molecule has 1 amide bonds. The lowest BCUT2D eigenvalue weighted by molar-refractivity contribution is -0.126. The standard InChI is InChI=1S/C19H25N3O2/c20-15-19(9-5-2-6-10-19)21-18(23)14-22-11-12-24-17(13-22)16-7-3-1-4-8-16/h1,3-4,7-8,17H,2,5-6,9-14H2,(H,21,23). The molecule has 0 spiro atoms. The van der Waals surface area contributed by atoms with Gasteiger partial charge in [-0.15, -0.1) is 0 Å². The molecule has 1 heterocycles. The van der Waals surface area contributed by atoms with E-state index in [9.17, 15) is 10.1 Å². The number of morpholine rings is 1. The Labute approximate surface area is 143 Å². The molecule has 5 heteroatoms. The fourth-order valence-corrected chi connectivity index (χ4v) is 3.65. The zero-order valence-corrected chi connectivity index (χ0v) is 14.0. The molecule has 2 fully saturated rings. The van der Waals surface area contributed by atoms with Crippen LogP contribution in [-0.2, 0) is 9.53 Å². The maximum atomic E-state index is 12.4. The first-order chi connectivity index (χ1) is 11.7. The van der Waals surface area contributed by atoms with Gasteiger partial charge in [0.05, 0.1) is 25.3 Å². The van der Waals surface area contributed by atoms with Crippen molar-refractivity contribution in [3.63, 3.8) is 0 Å². The number of rotatable bonds is 4. The number of ether oxygens (including phenoxy) is 1. The van der Waals surface area contributed by atoms with Gasteiger partial charge in [-0.3, -0.25) is 9.69 Å². The molecule has 1 saturated heterocycles. The van der Waals surface area contributed by atoms with Crippen LogP contribution in [-0.4, -0.2) is 42.6 Å². The number of nitrogens with zero attached hydrogens (tertiary/aromatic N) is 2. The highest BCUT2D eigenvalue weighted by Crippen LogP contribution is 2.27. The van der Waals surface area contributed by atoms with Crippen LogP contribution in [0.5, 0.6) is 0 Å². The first kappa shape index (κ1) is 16.9. The van der Waals surface area contributed by atoms with E-state index in [1.807, 2.05) is 18.2 Å². The molecule has 1 N–H and O–H groups in total. The van der Waals surface area contributed by atoms with Crippen LogP contribution < -0.4 is 5.32 Å². The third-order valence-corrected chi connectivity index (χ3v) is 4.99. The molecule has 0 aromatic heterocycles. The van der Waals surface area contributed by atoms with E-state index >= 15 is 0 Å². The summed E-state index contributed by atoms with van der Waals surface area (Å²) >= 11 is 0. The Kier molecular flexibility index (Phi) is 5.49. The van der Waals surface area contributed by atoms with Gasteiger partial charge in [0, 0.05) is 13.1 Å². The lowest BCUT2D eigenvalue weighted by atomic mass is 9.83. The second-order valence-electron chi connectivity index (χ2n) is 6.81. The molecule has 1 aromatic rings. The second kappa shape index (κ2) is 7.78. The van der Waals surface area contributed by atoms with Crippen LogP contribution in [0.15, 0.2) is 30.3 Å².